The van der Waals surface area contributed by atoms with Crippen molar-refractivity contribution < 1.29 is 4.21 Å². The Labute approximate surface area is 67.8 Å². The Morgan fingerprint density at radius 2 is 2.00 bits per heavy atom. The Morgan fingerprint density at radius 1 is 1.36 bits per heavy atom. The second-order valence-electron chi connectivity index (χ2n) is 1.84. The molecule has 0 fully saturated rings. The normalized spacial score (nSPS) is 8.82. The molecule has 11 heavy (non-hydrogen) atoms. The Bertz CT molecular complexity index is 270. The summed E-state index contributed by atoms with van der Waals surface area (Å²) in [7, 11) is 0. The van der Waals surface area contributed by atoms with Gasteiger partial charge >= 0.3 is 0 Å². The van der Waals surface area contributed by atoms with Crippen LogP contribution in [0.15, 0.2) is 34.8 Å². The van der Waals surface area contributed by atoms with Gasteiger partial charge in [0.2, 0.25) is 11.5 Å². The van der Waals surface area contributed by atoms with Gasteiger partial charge in [0.05, 0.1) is 5.69 Å². The second-order valence-corrected chi connectivity index (χ2v) is 2.15. The molecule has 58 valence electrons. The van der Waals surface area contributed by atoms with Crippen LogP contribution in [0.25, 0.3) is 0 Å². The van der Waals surface area contributed by atoms with E-state index in [9.17, 15) is 4.21 Å². The van der Waals surface area contributed by atoms with Crippen molar-refractivity contribution in [2.24, 2.45) is 10.3 Å². The summed E-state index contributed by atoms with van der Waals surface area (Å²) in [6.45, 7) is 0. The van der Waals surface area contributed by atoms with Crippen LogP contribution in [0.5, 0.6) is 0 Å². The van der Waals surface area contributed by atoms with E-state index in [0.29, 0.717) is 5.69 Å². The lowest BCUT2D eigenvalue weighted by Crippen LogP contribution is -2.23. The van der Waals surface area contributed by atoms with E-state index in [1.54, 1.807) is 12.1 Å². The summed E-state index contributed by atoms with van der Waals surface area (Å²) in [6.07, 6.45) is 0. The molecule has 1 aromatic rings. The second kappa shape index (κ2) is 3.85. The van der Waals surface area contributed by atoms with Crippen LogP contribution in [0.3, 0.4) is 0 Å². The fourth-order valence-corrected chi connectivity index (χ4v) is 0.830. The summed E-state index contributed by atoms with van der Waals surface area (Å²) < 4.78 is 13.3. The van der Waals surface area contributed by atoms with Crippen LogP contribution in [0.2, 0.25) is 0 Å². The third-order valence-electron chi connectivity index (χ3n) is 1.14. The molecule has 5 heteroatoms. The van der Waals surface area contributed by atoms with Crippen molar-refractivity contribution in [3.63, 3.8) is 0 Å². The molecular formula is C6H7N3OS. The minimum atomic E-state index is 0.0805. The molecule has 0 amide bonds. The average Bonchev–Trinajstić information content (AvgIpc) is 2.07. The van der Waals surface area contributed by atoms with E-state index < -0.39 is 0 Å². The fraction of sp³-hybridized carbons (Fsp3) is 0. The lowest BCUT2D eigenvalue weighted by molar-refractivity contribution is 0.695. The van der Waals surface area contributed by atoms with Crippen molar-refractivity contribution in [2.45, 2.75) is 0 Å². The van der Waals surface area contributed by atoms with Gasteiger partial charge in [-0.15, -0.1) is 0 Å². The maximum atomic E-state index is 9.94. The van der Waals surface area contributed by atoms with Crippen LogP contribution in [0, 0.1) is 0 Å². The Hall–Kier alpha value is -1.20. The molecule has 0 radical (unpaired) electrons. The first kappa shape index (κ1) is 7.90. The van der Waals surface area contributed by atoms with Crippen LogP contribution < -0.4 is 11.0 Å². The fourth-order valence-electron chi connectivity index (χ4n) is 0.664. The zero-order valence-electron chi connectivity index (χ0n) is 5.68. The number of hydrogen-bond donors (Lipinski definition) is 1. The lowest BCUT2D eigenvalue weighted by atomic mass is 10.3. The highest BCUT2D eigenvalue weighted by Gasteiger charge is 1.94. The van der Waals surface area contributed by atoms with Crippen molar-refractivity contribution in [2.75, 3.05) is 5.12 Å². The Kier molecular flexibility index (Phi) is 2.76. The first-order chi connectivity index (χ1) is 5.34. The summed E-state index contributed by atoms with van der Waals surface area (Å²) in [5.41, 5.74) is 0.691. The van der Waals surface area contributed by atoms with Gasteiger partial charge in [-0.05, 0) is 12.1 Å². The predicted octanol–water partition coefficient (Wildman–Crippen LogP) is 0.678. The molecule has 2 N–H and O–H groups in total. The van der Waals surface area contributed by atoms with Gasteiger partial charge in [-0.25, -0.2) is 5.84 Å². The molecular weight excluding hydrogens is 162 g/mol. The number of para-hydroxylation sites is 1. The van der Waals surface area contributed by atoms with E-state index in [2.05, 4.69) is 4.47 Å². The smallest absolute Gasteiger partial charge is 0.224 e. The van der Waals surface area contributed by atoms with Gasteiger partial charge in [-0.3, -0.25) is 0 Å². The SMILES string of the molecule is NN(N=S=O)c1ccccc1. The van der Waals surface area contributed by atoms with Crippen molar-refractivity contribution in [3.05, 3.63) is 30.3 Å². The van der Waals surface area contributed by atoms with Gasteiger partial charge in [0.15, 0.2) is 0 Å². The van der Waals surface area contributed by atoms with Crippen LogP contribution in [-0.2, 0) is 11.5 Å². The minimum absolute atomic E-state index is 0.0805. The zero-order chi connectivity index (χ0) is 8.10. The molecule has 0 unspecified atom stereocenters. The maximum Gasteiger partial charge on any atom is 0.224 e. The summed E-state index contributed by atoms with van der Waals surface area (Å²) in [6, 6.07) is 9.03. The van der Waals surface area contributed by atoms with Crippen molar-refractivity contribution in [3.8, 4) is 0 Å². The minimum Gasteiger partial charge on any atom is -0.225 e. The monoisotopic (exact) mass is 169 g/mol. The maximum absolute atomic E-state index is 9.94. The summed E-state index contributed by atoms with van der Waals surface area (Å²) in [4.78, 5) is 0. The molecule has 0 saturated carbocycles. The van der Waals surface area contributed by atoms with Crippen molar-refractivity contribution >= 4 is 17.2 Å². The molecule has 0 aliphatic carbocycles. The van der Waals surface area contributed by atoms with E-state index >= 15 is 0 Å². The molecule has 1 rings (SSSR count). The van der Waals surface area contributed by atoms with Crippen LogP contribution in [-0.4, -0.2) is 4.21 Å². The molecule has 4 nitrogen and oxygen atoms in total. The number of benzene rings is 1. The third kappa shape index (κ3) is 2.14. The quantitative estimate of drug-likeness (QED) is 0.523. The molecule has 0 heterocycles. The highest BCUT2D eigenvalue weighted by molar-refractivity contribution is 7.54. The Morgan fingerprint density at radius 3 is 2.55 bits per heavy atom. The molecule has 0 aliphatic rings. The van der Waals surface area contributed by atoms with Gasteiger partial charge in [0.25, 0.3) is 0 Å². The number of nitrogens with zero attached hydrogens (tertiary/aromatic N) is 2. The molecule has 0 aromatic heterocycles. The molecule has 0 aliphatic heterocycles. The molecule has 0 bridgehead atoms. The highest BCUT2D eigenvalue weighted by Crippen LogP contribution is 2.08. The highest BCUT2D eigenvalue weighted by atomic mass is 32.1. The standard InChI is InChI=1S/C6H7N3OS/c7-9(8-11-10)6-4-2-1-3-5-6/h1-5H,7H2. The number of nitrogens with two attached hydrogens (primary N) is 1. The first-order valence-electron chi connectivity index (χ1n) is 2.94. The molecule has 1 aromatic carbocycles. The van der Waals surface area contributed by atoms with Crippen molar-refractivity contribution in [1.29, 1.82) is 0 Å². The summed E-state index contributed by atoms with van der Waals surface area (Å²) >= 11 is 0.0805. The summed E-state index contributed by atoms with van der Waals surface area (Å²) in [5, 5.41) is 1.04. The summed E-state index contributed by atoms with van der Waals surface area (Å²) in [5.74, 6) is 5.35. The van der Waals surface area contributed by atoms with Crippen LogP contribution >= 0.6 is 0 Å². The van der Waals surface area contributed by atoms with Gasteiger partial charge in [-0.1, -0.05) is 22.7 Å². The molecule has 0 spiro atoms. The first-order valence-corrected chi connectivity index (χ1v) is 3.64. The van der Waals surface area contributed by atoms with Gasteiger partial charge in [-0.2, -0.15) is 9.33 Å². The predicted molar refractivity (Wildman–Crippen MR) is 43.7 cm³/mol. The van der Waals surface area contributed by atoms with Gasteiger partial charge in [0.1, 0.15) is 0 Å². The molecule has 0 atom stereocenters. The molecule has 0 saturated heterocycles. The van der Waals surface area contributed by atoms with E-state index in [0.717, 1.165) is 5.12 Å². The topological polar surface area (TPSA) is 58.7 Å². The lowest BCUT2D eigenvalue weighted by Gasteiger charge is -2.07. The third-order valence-corrected chi connectivity index (χ3v) is 1.38. The van der Waals surface area contributed by atoms with E-state index in [-0.39, 0.29) is 11.5 Å². The average molecular weight is 169 g/mol. The number of hydrogen-bond acceptors (Lipinski definition) is 3. The number of rotatable bonds is 2. The number of anilines is 1. The number of hydrazine groups is 1. The van der Waals surface area contributed by atoms with E-state index in [4.69, 9.17) is 5.84 Å². The van der Waals surface area contributed by atoms with Gasteiger partial charge in [0, 0.05) is 0 Å². The Balaban J connectivity index is 2.84. The van der Waals surface area contributed by atoms with Crippen LogP contribution in [0.1, 0.15) is 0 Å². The van der Waals surface area contributed by atoms with Crippen LogP contribution in [0.4, 0.5) is 5.69 Å². The van der Waals surface area contributed by atoms with Gasteiger partial charge < -0.3 is 0 Å². The van der Waals surface area contributed by atoms with E-state index in [1.807, 2.05) is 18.2 Å². The zero-order valence-corrected chi connectivity index (χ0v) is 6.49. The largest absolute Gasteiger partial charge is 0.225 e. The van der Waals surface area contributed by atoms with E-state index in [1.165, 1.54) is 0 Å². The van der Waals surface area contributed by atoms with Crippen molar-refractivity contribution in [1.82, 2.24) is 0 Å².